The van der Waals surface area contributed by atoms with Crippen LogP contribution in [0.2, 0.25) is 24.7 Å². The number of hydrogen-bond donors (Lipinski definition) is 0. The number of hydrogen-bond acceptors (Lipinski definition) is 4. The SMILES string of the molecule is C[Si](C)(C)O[C@@]12C(=O)C[C@@H](c3ccccc3)[C@]1(c1ccc(Br)cc1)Oc1cc(Cl)cnc12. The highest BCUT2D eigenvalue weighted by Gasteiger charge is 2.75. The smallest absolute Gasteiger partial charge is 0.207 e. The van der Waals surface area contributed by atoms with Crippen molar-refractivity contribution in [3.8, 4) is 5.75 Å². The molecule has 3 aromatic rings. The molecule has 0 amide bonds. The van der Waals surface area contributed by atoms with Crippen LogP contribution in [0, 0.1) is 0 Å². The normalized spacial score (nSPS) is 26.5. The first kappa shape index (κ1) is 21.8. The Kier molecular flexibility index (Phi) is 5.13. The van der Waals surface area contributed by atoms with Gasteiger partial charge in [0.25, 0.3) is 0 Å². The molecule has 1 saturated carbocycles. The maximum absolute atomic E-state index is 14.1. The van der Waals surface area contributed by atoms with Crippen molar-refractivity contribution in [2.45, 2.75) is 43.2 Å². The van der Waals surface area contributed by atoms with Gasteiger partial charge in [0, 0.05) is 29.1 Å². The van der Waals surface area contributed by atoms with Crippen LogP contribution >= 0.6 is 27.5 Å². The molecule has 7 heteroatoms. The van der Waals surface area contributed by atoms with Crippen LogP contribution in [-0.4, -0.2) is 19.1 Å². The molecule has 32 heavy (non-hydrogen) atoms. The Hall–Kier alpha value is -1.99. The molecule has 0 unspecified atom stereocenters. The molecule has 0 radical (unpaired) electrons. The van der Waals surface area contributed by atoms with Gasteiger partial charge >= 0.3 is 0 Å². The fraction of sp³-hybridized carbons (Fsp3) is 0.280. The zero-order chi connectivity index (χ0) is 22.7. The first-order chi connectivity index (χ1) is 15.2. The molecule has 0 N–H and O–H groups in total. The maximum Gasteiger partial charge on any atom is 0.207 e. The first-order valence-electron chi connectivity index (χ1n) is 10.6. The van der Waals surface area contributed by atoms with E-state index < -0.39 is 19.5 Å². The fourth-order valence-corrected chi connectivity index (χ4v) is 6.84. The van der Waals surface area contributed by atoms with E-state index in [1.165, 1.54) is 0 Å². The second-order valence-electron chi connectivity index (χ2n) is 9.33. The minimum atomic E-state index is -2.25. The average Bonchev–Trinajstić information content (AvgIpc) is 3.14. The molecule has 0 saturated heterocycles. The van der Waals surface area contributed by atoms with Crippen LogP contribution < -0.4 is 4.74 Å². The van der Waals surface area contributed by atoms with Gasteiger partial charge in [-0.25, -0.2) is 0 Å². The van der Waals surface area contributed by atoms with Gasteiger partial charge in [0.05, 0.1) is 5.02 Å². The van der Waals surface area contributed by atoms with Crippen molar-refractivity contribution in [1.82, 2.24) is 4.98 Å². The van der Waals surface area contributed by atoms with Crippen LogP contribution in [0.4, 0.5) is 0 Å². The molecule has 0 bridgehead atoms. The van der Waals surface area contributed by atoms with E-state index in [0.29, 0.717) is 22.9 Å². The molecule has 1 aliphatic carbocycles. The van der Waals surface area contributed by atoms with Gasteiger partial charge in [0.1, 0.15) is 11.4 Å². The summed E-state index contributed by atoms with van der Waals surface area (Å²) in [5, 5.41) is 0.460. The maximum atomic E-state index is 14.1. The van der Waals surface area contributed by atoms with Gasteiger partial charge in [-0.3, -0.25) is 9.78 Å². The summed E-state index contributed by atoms with van der Waals surface area (Å²) in [7, 11) is -2.25. The van der Waals surface area contributed by atoms with Gasteiger partial charge in [0.15, 0.2) is 19.7 Å². The Morgan fingerprint density at radius 2 is 1.81 bits per heavy atom. The van der Waals surface area contributed by atoms with Gasteiger partial charge in [-0.05, 0) is 42.9 Å². The monoisotopic (exact) mass is 527 g/mol. The molecule has 5 rings (SSSR count). The Morgan fingerprint density at radius 1 is 1.12 bits per heavy atom. The van der Waals surface area contributed by atoms with E-state index in [2.05, 4.69) is 52.7 Å². The zero-order valence-corrected chi connectivity index (χ0v) is 21.4. The Labute approximate surface area is 202 Å². The lowest BCUT2D eigenvalue weighted by atomic mass is 9.72. The number of ketones is 1. The standard InChI is InChI=1S/C25H23BrClNO3Si/c1-32(2,3)31-25-22(29)14-20(16-7-5-4-6-8-16)24(25,17-9-11-18(26)12-10-17)30-21-13-19(27)15-28-23(21)25/h4-13,15,20H,14H2,1-3H3/t20-,24-,25+/m0/s1. The third kappa shape index (κ3) is 3.11. The summed E-state index contributed by atoms with van der Waals surface area (Å²) in [6, 6.07) is 19.8. The largest absolute Gasteiger partial charge is 0.476 e. The molecular weight excluding hydrogens is 506 g/mol. The summed E-state index contributed by atoms with van der Waals surface area (Å²) in [4.78, 5) is 18.7. The van der Waals surface area contributed by atoms with Crippen molar-refractivity contribution in [2.24, 2.45) is 0 Å². The number of halogens is 2. The number of nitrogens with zero attached hydrogens (tertiary/aromatic N) is 1. The van der Waals surface area contributed by atoms with Crippen molar-refractivity contribution < 1.29 is 14.0 Å². The zero-order valence-electron chi connectivity index (χ0n) is 18.1. The van der Waals surface area contributed by atoms with E-state index in [0.717, 1.165) is 15.6 Å². The summed E-state index contributed by atoms with van der Waals surface area (Å²) < 4.78 is 14.7. The number of fused-ring (bicyclic) bond motifs is 3. The number of carbonyl (C=O) groups is 1. The summed E-state index contributed by atoms with van der Waals surface area (Å²) in [6.07, 6.45) is 1.87. The Balaban J connectivity index is 1.87. The lowest BCUT2D eigenvalue weighted by molar-refractivity contribution is -0.147. The van der Waals surface area contributed by atoms with Gasteiger partial charge in [-0.1, -0.05) is 70.0 Å². The van der Waals surface area contributed by atoms with Crippen molar-refractivity contribution >= 4 is 41.6 Å². The van der Waals surface area contributed by atoms with E-state index in [-0.39, 0.29) is 11.7 Å². The number of pyridine rings is 1. The number of aromatic nitrogens is 1. The minimum absolute atomic E-state index is 0.00901. The molecule has 164 valence electrons. The summed E-state index contributed by atoms with van der Waals surface area (Å²) in [6.45, 7) is 6.27. The Morgan fingerprint density at radius 3 is 2.47 bits per heavy atom. The number of carbonyl (C=O) groups excluding carboxylic acids is 1. The highest BCUT2D eigenvalue weighted by Crippen LogP contribution is 2.67. The van der Waals surface area contributed by atoms with Crippen LogP contribution in [0.25, 0.3) is 0 Å². The molecule has 2 aliphatic rings. The molecule has 2 aromatic carbocycles. The number of Topliss-reactive ketones (excluding diaryl/α,β-unsaturated/α-hetero) is 1. The quantitative estimate of drug-likeness (QED) is 0.359. The minimum Gasteiger partial charge on any atom is -0.476 e. The third-order valence-corrected chi connectivity index (χ3v) is 7.81. The van der Waals surface area contributed by atoms with Gasteiger partial charge in [0.2, 0.25) is 5.60 Å². The van der Waals surface area contributed by atoms with Gasteiger partial charge < -0.3 is 9.16 Å². The van der Waals surface area contributed by atoms with Crippen LogP contribution in [0.5, 0.6) is 5.75 Å². The summed E-state index contributed by atoms with van der Waals surface area (Å²) in [5.41, 5.74) is 0.00482. The third-order valence-electron chi connectivity index (χ3n) is 6.15. The van der Waals surface area contributed by atoms with Gasteiger partial charge in [-0.15, -0.1) is 0 Å². The molecule has 1 aromatic heterocycles. The van der Waals surface area contributed by atoms with E-state index in [4.69, 9.17) is 20.8 Å². The lowest BCUT2D eigenvalue weighted by Gasteiger charge is -2.44. The van der Waals surface area contributed by atoms with Crippen molar-refractivity contribution in [2.75, 3.05) is 0 Å². The van der Waals surface area contributed by atoms with E-state index in [9.17, 15) is 4.79 Å². The Bertz CT molecular complexity index is 1200. The van der Waals surface area contributed by atoms with E-state index in [1.54, 1.807) is 12.3 Å². The lowest BCUT2D eigenvalue weighted by Crippen LogP contribution is -2.56. The van der Waals surface area contributed by atoms with Crippen LogP contribution in [0.1, 0.15) is 29.2 Å². The molecule has 0 spiro atoms. The first-order valence-corrected chi connectivity index (χ1v) is 15.1. The van der Waals surface area contributed by atoms with Crippen molar-refractivity contribution in [3.05, 3.63) is 93.2 Å². The molecule has 1 fully saturated rings. The molecule has 4 nitrogen and oxygen atoms in total. The average molecular weight is 529 g/mol. The molecule has 1 aliphatic heterocycles. The van der Waals surface area contributed by atoms with Crippen LogP contribution in [0.3, 0.4) is 0 Å². The summed E-state index contributed by atoms with van der Waals surface area (Å²) >= 11 is 9.83. The number of rotatable bonds is 4. The highest BCUT2D eigenvalue weighted by atomic mass is 79.9. The molecular formula is C25H23BrClNO3Si. The van der Waals surface area contributed by atoms with Crippen molar-refractivity contribution in [3.63, 3.8) is 0 Å². The topological polar surface area (TPSA) is 48.4 Å². The van der Waals surface area contributed by atoms with E-state index in [1.807, 2.05) is 42.5 Å². The number of ether oxygens (including phenoxy) is 1. The molecule has 3 atom stereocenters. The fourth-order valence-electron chi connectivity index (χ4n) is 5.15. The molecule has 2 heterocycles. The highest BCUT2D eigenvalue weighted by molar-refractivity contribution is 9.10. The van der Waals surface area contributed by atoms with Crippen LogP contribution in [0.15, 0.2) is 71.3 Å². The van der Waals surface area contributed by atoms with Crippen LogP contribution in [-0.2, 0) is 20.4 Å². The number of benzene rings is 2. The van der Waals surface area contributed by atoms with E-state index >= 15 is 0 Å². The summed E-state index contributed by atoms with van der Waals surface area (Å²) in [5.74, 6) is 0.250. The van der Waals surface area contributed by atoms with Crippen molar-refractivity contribution in [1.29, 1.82) is 0 Å². The predicted octanol–water partition coefficient (Wildman–Crippen LogP) is 6.59. The second kappa shape index (κ2) is 7.52. The predicted molar refractivity (Wildman–Crippen MR) is 131 cm³/mol. The van der Waals surface area contributed by atoms with Gasteiger partial charge in [-0.2, -0.15) is 0 Å². The second-order valence-corrected chi connectivity index (χ2v) is 15.1.